The Kier molecular flexibility index (Phi) is 5.23. The van der Waals surface area contributed by atoms with Crippen LogP contribution in [-0.4, -0.2) is 53.2 Å². The molecular weight excluding hydrogens is 324 g/mol. The van der Waals surface area contributed by atoms with Gasteiger partial charge in [-0.15, -0.1) is 0 Å². The van der Waals surface area contributed by atoms with Gasteiger partial charge >= 0.3 is 0 Å². The zero-order valence-corrected chi connectivity index (χ0v) is 15.7. The van der Waals surface area contributed by atoms with Gasteiger partial charge in [0.15, 0.2) is 5.78 Å². The van der Waals surface area contributed by atoms with Crippen LogP contribution in [0.1, 0.15) is 47.1 Å². The van der Waals surface area contributed by atoms with E-state index in [9.17, 15) is 9.59 Å². The van der Waals surface area contributed by atoms with Gasteiger partial charge in [0, 0.05) is 42.8 Å². The molecular formula is C22H26N2O2. The number of hydrogen-bond donors (Lipinski definition) is 0. The lowest BCUT2D eigenvalue weighted by atomic mass is 9.97. The number of nitrogens with zero attached hydrogens (tertiary/aromatic N) is 2. The summed E-state index contributed by atoms with van der Waals surface area (Å²) < 4.78 is 0. The first kappa shape index (κ1) is 18.3. The van der Waals surface area contributed by atoms with Crippen LogP contribution in [0.15, 0.2) is 54.6 Å². The number of amides is 1. The molecule has 2 aromatic rings. The SMILES string of the molecule is CC(C)(C)N1CCN(C(=O)c2ccccc2C(=O)c2ccccc2)CC1. The highest BCUT2D eigenvalue weighted by molar-refractivity contribution is 6.15. The first-order chi connectivity index (χ1) is 12.4. The van der Waals surface area contributed by atoms with E-state index in [1.54, 1.807) is 24.3 Å². The smallest absolute Gasteiger partial charge is 0.254 e. The highest BCUT2D eigenvalue weighted by atomic mass is 16.2. The zero-order valence-electron chi connectivity index (χ0n) is 15.7. The van der Waals surface area contributed by atoms with Gasteiger partial charge in [0.05, 0.1) is 5.56 Å². The van der Waals surface area contributed by atoms with E-state index in [1.807, 2.05) is 35.2 Å². The lowest BCUT2D eigenvalue weighted by Crippen LogP contribution is -2.54. The van der Waals surface area contributed by atoms with Gasteiger partial charge in [0.2, 0.25) is 0 Å². The van der Waals surface area contributed by atoms with Crippen LogP contribution in [0.25, 0.3) is 0 Å². The summed E-state index contributed by atoms with van der Waals surface area (Å²) in [7, 11) is 0. The third-order valence-electron chi connectivity index (χ3n) is 4.95. The predicted molar refractivity (Wildman–Crippen MR) is 104 cm³/mol. The second-order valence-electron chi connectivity index (χ2n) is 7.69. The van der Waals surface area contributed by atoms with Crippen LogP contribution in [0.5, 0.6) is 0 Å². The van der Waals surface area contributed by atoms with Gasteiger partial charge in [0.25, 0.3) is 5.91 Å². The molecule has 1 amide bonds. The van der Waals surface area contributed by atoms with Crippen LogP contribution in [0, 0.1) is 0 Å². The molecule has 0 aromatic heterocycles. The van der Waals surface area contributed by atoms with Gasteiger partial charge in [-0.25, -0.2) is 0 Å². The van der Waals surface area contributed by atoms with Gasteiger partial charge in [0.1, 0.15) is 0 Å². The molecule has 0 N–H and O–H groups in total. The van der Waals surface area contributed by atoms with E-state index in [-0.39, 0.29) is 17.2 Å². The van der Waals surface area contributed by atoms with Crippen LogP contribution < -0.4 is 0 Å². The minimum atomic E-state index is -0.108. The minimum Gasteiger partial charge on any atom is -0.336 e. The third-order valence-corrected chi connectivity index (χ3v) is 4.95. The molecule has 0 atom stereocenters. The van der Waals surface area contributed by atoms with Crippen molar-refractivity contribution in [3.05, 3.63) is 71.3 Å². The molecule has 0 aliphatic carbocycles. The van der Waals surface area contributed by atoms with Crippen LogP contribution in [0.3, 0.4) is 0 Å². The second kappa shape index (κ2) is 7.42. The van der Waals surface area contributed by atoms with Crippen LogP contribution in [-0.2, 0) is 0 Å². The Morgan fingerprint density at radius 1 is 0.769 bits per heavy atom. The number of piperazine rings is 1. The molecule has 26 heavy (non-hydrogen) atoms. The molecule has 0 bridgehead atoms. The number of carbonyl (C=O) groups excluding carboxylic acids is 2. The molecule has 3 rings (SSSR count). The van der Waals surface area contributed by atoms with Gasteiger partial charge in [-0.05, 0) is 26.8 Å². The van der Waals surface area contributed by atoms with E-state index >= 15 is 0 Å². The molecule has 0 radical (unpaired) electrons. The van der Waals surface area contributed by atoms with Crippen LogP contribution >= 0.6 is 0 Å². The highest BCUT2D eigenvalue weighted by Crippen LogP contribution is 2.20. The summed E-state index contributed by atoms with van der Waals surface area (Å²) in [5, 5.41) is 0. The molecule has 4 heteroatoms. The van der Waals surface area contributed by atoms with E-state index in [0.29, 0.717) is 29.8 Å². The molecule has 1 heterocycles. The Morgan fingerprint density at radius 2 is 1.31 bits per heavy atom. The Labute approximate surface area is 155 Å². The van der Waals surface area contributed by atoms with Gasteiger partial charge in [-0.1, -0.05) is 48.5 Å². The number of rotatable bonds is 3. The summed E-state index contributed by atoms with van der Waals surface area (Å²) in [5.41, 5.74) is 1.67. The lowest BCUT2D eigenvalue weighted by molar-refractivity contribution is 0.0450. The fourth-order valence-electron chi connectivity index (χ4n) is 3.36. The number of hydrogen-bond acceptors (Lipinski definition) is 3. The van der Waals surface area contributed by atoms with Crippen molar-refractivity contribution in [2.24, 2.45) is 0 Å². The van der Waals surface area contributed by atoms with Crippen molar-refractivity contribution >= 4 is 11.7 Å². The Hall–Kier alpha value is -2.46. The second-order valence-corrected chi connectivity index (χ2v) is 7.69. The monoisotopic (exact) mass is 350 g/mol. The quantitative estimate of drug-likeness (QED) is 0.796. The first-order valence-electron chi connectivity index (χ1n) is 9.11. The summed E-state index contributed by atoms with van der Waals surface area (Å²) in [4.78, 5) is 30.2. The molecule has 2 aromatic carbocycles. The zero-order chi connectivity index (χ0) is 18.7. The van der Waals surface area contributed by atoms with E-state index in [2.05, 4.69) is 25.7 Å². The summed E-state index contributed by atoms with van der Waals surface area (Å²) in [5.74, 6) is -0.165. The summed E-state index contributed by atoms with van der Waals surface area (Å²) in [6.45, 7) is 9.65. The maximum atomic E-state index is 13.1. The average molecular weight is 350 g/mol. The fourth-order valence-corrected chi connectivity index (χ4v) is 3.36. The normalized spacial score (nSPS) is 15.7. The summed E-state index contributed by atoms with van der Waals surface area (Å²) in [6.07, 6.45) is 0. The summed E-state index contributed by atoms with van der Waals surface area (Å²) >= 11 is 0. The summed E-state index contributed by atoms with van der Waals surface area (Å²) in [6, 6.07) is 16.3. The van der Waals surface area contributed by atoms with E-state index < -0.39 is 0 Å². The molecule has 0 spiro atoms. The molecule has 1 aliphatic rings. The topological polar surface area (TPSA) is 40.6 Å². The fraction of sp³-hybridized carbons (Fsp3) is 0.364. The number of benzene rings is 2. The molecule has 1 saturated heterocycles. The van der Waals surface area contributed by atoms with Crippen molar-refractivity contribution in [1.29, 1.82) is 0 Å². The number of ketones is 1. The first-order valence-corrected chi connectivity index (χ1v) is 9.11. The molecule has 0 unspecified atom stereocenters. The predicted octanol–water partition coefficient (Wildman–Crippen LogP) is 3.47. The van der Waals surface area contributed by atoms with Gasteiger partial charge < -0.3 is 4.90 Å². The van der Waals surface area contributed by atoms with Gasteiger partial charge in [-0.2, -0.15) is 0 Å². The van der Waals surface area contributed by atoms with Crippen molar-refractivity contribution in [3.63, 3.8) is 0 Å². The van der Waals surface area contributed by atoms with Crippen molar-refractivity contribution in [1.82, 2.24) is 9.80 Å². The standard InChI is InChI=1S/C22H26N2O2/c1-22(2,3)24-15-13-23(14-16-24)21(26)19-12-8-7-11-18(19)20(25)17-9-5-4-6-10-17/h4-12H,13-16H2,1-3H3. The molecule has 0 saturated carbocycles. The van der Waals surface area contributed by atoms with Crippen LogP contribution in [0.4, 0.5) is 0 Å². The van der Waals surface area contributed by atoms with Crippen molar-refractivity contribution in [2.45, 2.75) is 26.3 Å². The molecule has 1 fully saturated rings. The Balaban J connectivity index is 1.80. The highest BCUT2D eigenvalue weighted by Gasteiger charge is 2.29. The molecule has 4 nitrogen and oxygen atoms in total. The van der Waals surface area contributed by atoms with Gasteiger partial charge in [-0.3, -0.25) is 14.5 Å². The van der Waals surface area contributed by atoms with Crippen molar-refractivity contribution in [3.8, 4) is 0 Å². The van der Waals surface area contributed by atoms with Crippen molar-refractivity contribution < 1.29 is 9.59 Å². The van der Waals surface area contributed by atoms with Crippen molar-refractivity contribution in [2.75, 3.05) is 26.2 Å². The third kappa shape index (κ3) is 3.86. The maximum Gasteiger partial charge on any atom is 0.254 e. The minimum absolute atomic E-state index is 0.0570. The van der Waals surface area contributed by atoms with E-state index in [1.165, 1.54) is 0 Å². The Morgan fingerprint density at radius 3 is 1.88 bits per heavy atom. The van der Waals surface area contributed by atoms with E-state index in [4.69, 9.17) is 0 Å². The number of carbonyl (C=O) groups is 2. The average Bonchev–Trinajstić information content (AvgIpc) is 2.67. The Bertz CT molecular complexity index is 785. The molecule has 136 valence electrons. The largest absolute Gasteiger partial charge is 0.336 e. The maximum absolute atomic E-state index is 13.1. The van der Waals surface area contributed by atoms with E-state index in [0.717, 1.165) is 13.1 Å². The lowest BCUT2D eigenvalue weighted by Gasteiger charge is -2.42. The van der Waals surface area contributed by atoms with Crippen LogP contribution in [0.2, 0.25) is 0 Å². The molecule has 1 aliphatic heterocycles.